The highest BCUT2D eigenvalue weighted by Gasteiger charge is 2.14. The number of hydrogen-bond donors (Lipinski definition) is 1. The van der Waals surface area contributed by atoms with Crippen LogP contribution in [0.1, 0.15) is 31.2 Å². The third kappa shape index (κ3) is 3.68. The summed E-state index contributed by atoms with van der Waals surface area (Å²) in [6.45, 7) is 1.80. The quantitative estimate of drug-likeness (QED) is 0.793. The van der Waals surface area contributed by atoms with Crippen molar-refractivity contribution in [3.8, 4) is 5.75 Å². The molecule has 1 aromatic rings. The Morgan fingerprint density at radius 2 is 2.33 bits per heavy atom. The monoisotopic (exact) mass is 253 g/mol. The van der Waals surface area contributed by atoms with Gasteiger partial charge in [0.05, 0.1) is 12.7 Å². The van der Waals surface area contributed by atoms with Crippen LogP contribution in [0.25, 0.3) is 0 Å². The van der Waals surface area contributed by atoms with Crippen LogP contribution in [0.15, 0.2) is 18.2 Å². The first-order chi connectivity index (χ1) is 8.79. The average Bonchev–Trinajstić information content (AvgIpc) is 2.89. The highest BCUT2D eigenvalue weighted by molar-refractivity contribution is 5.33. The maximum Gasteiger partial charge on any atom is 0.123 e. The van der Waals surface area contributed by atoms with E-state index in [2.05, 4.69) is 0 Å². The van der Waals surface area contributed by atoms with Crippen molar-refractivity contribution < 1.29 is 13.9 Å². The zero-order chi connectivity index (χ0) is 12.8. The maximum absolute atomic E-state index is 13.0. The molecule has 1 aliphatic rings. The first-order valence-electron chi connectivity index (χ1n) is 6.52. The Bertz CT molecular complexity index is 378. The van der Waals surface area contributed by atoms with Gasteiger partial charge in [-0.15, -0.1) is 0 Å². The lowest BCUT2D eigenvalue weighted by atomic mass is 10.1. The molecular formula is C14H20FNO2. The molecule has 2 rings (SSSR count). The summed E-state index contributed by atoms with van der Waals surface area (Å²) in [5.74, 6) is 0.411. The van der Waals surface area contributed by atoms with E-state index in [0.29, 0.717) is 30.6 Å². The van der Waals surface area contributed by atoms with Crippen molar-refractivity contribution in [1.29, 1.82) is 0 Å². The number of ether oxygens (including phenoxy) is 2. The number of benzene rings is 1. The summed E-state index contributed by atoms with van der Waals surface area (Å²) in [6, 6.07) is 4.47. The van der Waals surface area contributed by atoms with Crippen molar-refractivity contribution in [2.24, 2.45) is 5.73 Å². The zero-order valence-corrected chi connectivity index (χ0v) is 10.5. The van der Waals surface area contributed by atoms with Crippen LogP contribution in [0, 0.1) is 5.82 Å². The van der Waals surface area contributed by atoms with Crippen molar-refractivity contribution in [1.82, 2.24) is 0 Å². The molecule has 0 amide bonds. The molecule has 0 spiro atoms. The molecule has 0 bridgehead atoms. The third-order valence-electron chi connectivity index (χ3n) is 3.19. The predicted molar refractivity (Wildman–Crippen MR) is 68.0 cm³/mol. The SMILES string of the molecule is NCc1cc(F)ccc1OCCCC1CCCO1. The molecular weight excluding hydrogens is 233 g/mol. The van der Waals surface area contributed by atoms with Gasteiger partial charge in [0.25, 0.3) is 0 Å². The summed E-state index contributed by atoms with van der Waals surface area (Å²) in [5.41, 5.74) is 6.27. The fourth-order valence-electron chi connectivity index (χ4n) is 2.21. The standard InChI is InChI=1S/C14H20FNO2/c15-12-5-6-14(11(9-12)10-16)18-8-2-4-13-3-1-7-17-13/h5-6,9,13H,1-4,7-8,10,16H2. The van der Waals surface area contributed by atoms with Gasteiger partial charge in [0.15, 0.2) is 0 Å². The van der Waals surface area contributed by atoms with Gasteiger partial charge < -0.3 is 15.2 Å². The molecule has 100 valence electrons. The fraction of sp³-hybridized carbons (Fsp3) is 0.571. The lowest BCUT2D eigenvalue weighted by Gasteiger charge is -2.12. The van der Waals surface area contributed by atoms with Crippen LogP contribution in [-0.4, -0.2) is 19.3 Å². The van der Waals surface area contributed by atoms with Crippen LogP contribution in [0.3, 0.4) is 0 Å². The van der Waals surface area contributed by atoms with Crippen molar-refractivity contribution in [3.63, 3.8) is 0 Å². The fourth-order valence-corrected chi connectivity index (χ4v) is 2.21. The number of hydrogen-bond acceptors (Lipinski definition) is 3. The van der Waals surface area contributed by atoms with Gasteiger partial charge in [-0.3, -0.25) is 0 Å². The average molecular weight is 253 g/mol. The second-order valence-corrected chi connectivity index (χ2v) is 4.58. The maximum atomic E-state index is 13.0. The van der Waals surface area contributed by atoms with Gasteiger partial charge >= 0.3 is 0 Å². The summed E-state index contributed by atoms with van der Waals surface area (Å²) in [6.07, 6.45) is 4.70. The summed E-state index contributed by atoms with van der Waals surface area (Å²) >= 11 is 0. The molecule has 0 aliphatic carbocycles. The molecule has 1 atom stereocenters. The van der Waals surface area contributed by atoms with Gasteiger partial charge in [0, 0.05) is 18.7 Å². The van der Waals surface area contributed by atoms with E-state index in [1.54, 1.807) is 6.07 Å². The summed E-state index contributed by atoms with van der Waals surface area (Å²) in [4.78, 5) is 0. The topological polar surface area (TPSA) is 44.5 Å². The van der Waals surface area contributed by atoms with Gasteiger partial charge in [0.2, 0.25) is 0 Å². The lowest BCUT2D eigenvalue weighted by Crippen LogP contribution is -2.09. The van der Waals surface area contributed by atoms with Crippen LogP contribution < -0.4 is 10.5 Å². The van der Waals surface area contributed by atoms with E-state index >= 15 is 0 Å². The van der Waals surface area contributed by atoms with E-state index in [0.717, 1.165) is 25.9 Å². The van der Waals surface area contributed by atoms with Crippen molar-refractivity contribution >= 4 is 0 Å². The first-order valence-corrected chi connectivity index (χ1v) is 6.52. The molecule has 1 aliphatic heterocycles. The Morgan fingerprint density at radius 1 is 1.44 bits per heavy atom. The third-order valence-corrected chi connectivity index (χ3v) is 3.19. The Kier molecular flexibility index (Phi) is 4.96. The Morgan fingerprint density at radius 3 is 3.06 bits per heavy atom. The first kappa shape index (κ1) is 13.3. The van der Waals surface area contributed by atoms with E-state index < -0.39 is 0 Å². The van der Waals surface area contributed by atoms with Gasteiger partial charge in [0.1, 0.15) is 11.6 Å². The second kappa shape index (κ2) is 6.71. The van der Waals surface area contributed by atoms with E-state index in [4.69, 9.17) is 15.2 Å². The molecule has 1 heterocycles. The molecule has 1 fully saturated rings. The molecule has 1 saturated heterocycles. The molecule has 1 unspecified atom stereocenters. The Hall–Kier alpha value is -1.13. The van der Waals surface area contributed by atoms with Crippen molar-refractivity contribution in [2.75, 3.05) is 13.2 Å². The summed E-state index contributed by atoms with van der Waals surface area (Å²) < 4.78 is 24.2. The van der Waals surface area contributed by atoms with E-state index in [9.17, 15) is 4.39 Å². The molecule has 0 radical (unpaired) electrons. The van der Waals surface area contributed by atoms with Crippen molar-refractivity contribution in [2.45, 2.75) is 38.3 Å². The molecule has 2 N–H and O–H groups in total. The van der Waals surface area contributed by atoms with Crippen LogP contribution in [0.2, 0.25) is 0 Å². The van der Waals surface area contributed by atoms with E-state index in [1.807, 2.05) is 0 Å². The van der Waals surface area contributed by atoms with Crippen LogP contribution >= 0.6 is 0 Å². The zero-order valence-electron chi connectivity index (χ0n) is 10.5. The van der Waals surface area contributed by atoms with Gasteiger partial charge in [-0.1, -0.05) is 0 Å². The number of nitrogens with two attached hydrogens (primary N) is 1. The van der Waals surface area contributed by atoms with Gasteiger partial charge in [-0.05, 0) is 43.9 Å². The molecule has 1 aromatic carbocycles. The van der Waals surface area contributed by atoms with E-state index in [1.165, 1.54) is 18.6 Å². The minimum absolute atomic E-state index is 0.276. The Balaban J connectivity index is 1.75. The molecule has 0 saturated carbocycles. The lowest BCUT2D eigenvalue weighted by molar-refractivity contribution is 0.0981. The molecule has 4 heteroatoms. The van der Waals surface area contributed by atoms with E-state index in [-0.39, 0.29) is 5.82 Å². The van der Waals surface area contributed by atoms with Gasteiger partial charge in [-0.25, -0.2) is 4.39 Å². The molecule has 18 heavy (non-hydrogen) atoms. The predicted octanol–water partition coefficient (Wildman–Crippen LogP) is 2.62. The summed E-state index contributed by atoms with van der Waals surface area (Å²) in [5, 5.41) is 0. The van der Waals surface area contributed by atoms with Gasteiger partial charge in [-0.2, -0.15) is 0 Å². The highest BCUT2D eigenvalue weighted by atomic mass is 19.1. The normalized spacial score (nSPS) is 19.1. The molecule has 3 nitrogen and oxygen atoms in total. The summed E-state index contributed by atoms with van der Waals surface area (Å²) in [7, 11) is 0. The Labute approximate surface area is 107 Å². The number of rotatable bonds is 6. The molecule has 0 aromatic heterocycles. The minimum atomic E-state index is -0.276. The largest absolute Gasteiger partial charge is 0.493 e. The second-order valence-electron chi connectivity index (χ2n) is 4.58. The van der Waals surface area contributed by atoms with Crippen LogP contribution in [-0.2, 0) is 11.3 Å². The van der Waals surface area contributed by atoms with Crippen molar-refractivity contribution in [3.05, 3.63) is 29.6 Å². The highest BCUT2D eigenvalue weighted by Crippen LogP contribution is 2.21. The smallest absolute Gasteiger partial charge is 0.123 e. The minimum Gasteiger partial charge on any atom is -0.493 e. The van der Waals surface area contributed by atoms with Crippen LogP contribution in [0.4, 0.5) is 4.39 Å². The number of halogens is 1. The van der Waals surface area contributed by atoms with Crippen LogP contribution in [0.5, 0.6) is 5.75 Å².